The van der Waals surface area contributed by atoms with Gasteiger partial charge in [-0.1, -0.05) is 0 Å². The molecule has 51 heavy (non-hydrogen) atoms. The number of hydrogen-bond acceptors (Lipinski definition) is 21. The lowest BCUT2D eigenvalue weighted by molar-refractivity contribution is 0.482. The first-order valence-electron chi connectivity index (χ1n) is 7.52. The van der Waals surface area contributed by atoms with Gasteiger partial charge in [-0.15, -0.1) is 0 Å². The Balaban J connectivity index is -0.0000000386. The maximum Gasteiger partial charge on any atom is 0.330 e. The Labute approximate surface area is 289 Å². The van der Waals surface area contributed by atoms with E-state index < -0.39 is 103 Å². The predicted octanol–water partition coefficient (Wildman–Crippen LogP) is -12.4. The summed E-state index contributed by atoms with van der Waals surface area (Å²) in [4.78, 5) is 0. The third-order valence-corrected chi connectivity index (χ3v) is 0. The molecule has 0 bridgehead atoms. The molecule has 0 fully saturated rings. The molecule has 0 heterocycles. The van der Waals surface area contributed by atoms with E-state index in [0.29, 0.717) is 0 Å². The van der Waals surface area contributed by atoms with Crippen LogP contribution in [-0.4, -0.2) is 130 Å². The summed E-state index contributed by atoms with van der Waals surface area (Å²) in [5.74, 6) is 0. The Morgan fingerprint density at radius 1 is 0.176 bits per heavy atom. The molecule has 0 saturated carbocycles. The lowest BCUT2D eigenvalue weighted by Gasteiger charge is -1.70. The normalized spacial score (nSPS) is 11.4. The average molecular weight is 988 g/mol. The third kappa shape index (κ3) is 59000. The van der Waals surface area contributed by atoms with Gasteiger partial charge in [-0.2, -0.15) is 84.2 Å². The van der Waals surface area contributed by atoms with E-state index in [1.54, 1.807) is 0 Å². The monoisotopic (exact) mass is 987 g/mol. The first-order chi connectivity index (χ1) is 20.0. The van der Waals surface area contributed by atoms with Crippen molar-refractivity contribution >= 4 is 103 Å². The smallest absolute Gasteiger partial charge is 0.330 e. The molecule has 328 valence electrons. The maximum atomic E-state index is 8.97. The van der Waals surface area contributed by atoms with Crippen LogP contribution in [0.2, 0.25) is 0 Å². The molecule has 0 rings (SSSR count). The van der Waals surface area contributed by atoms with Crippen molar-refractivity contribution in [2.24, 2.45) is 51.4 Å². The second-order valence-corrected chi connectivity index (χ2v) is 15.4. The summed E-state index contributed by atoms with van der Waals surface area (Å²) in [5.41, 5.74) is 0. The van der Waals surface area contributed by atoms with Crippen LogP contribution in [0.5, 0.6) is 0 Å². The van der Waals surface area contributed by atoms with Crippen LogP contribution in [0, 0.1) is 0 Å². The summed E-state index contributed by atoms with van der Waals surface area (Å²) >= 11 is 0. The topological polar surface area (TPSA) is 839 Å². The lowest BCUT2D eigenvalue weighted by Crippen LogP contribution is -2.08. The van der Waals surface area contributed by atoms with Gasteiger partial charge in [0.2, 0.25) is 0 Å². The molecule has 0 unspecified atom stereocenters. The first kappa shape index (κ1) is 78.7. The van der Waals surface area contributed by atoms with Crippen LogP contribution in [0.15, 0.2) is 0 Å². The van der Waals surface area contributed by atoms with Crippen molar-refractivity contribution in [2.45, 2.75) is 0 Å². The van der Waals surface area contributed by atoms with E-state index in [4.69, 9.17) is 130 Å². The molecule has 0 aliphatic carbocycles. The van der Waals surface area contributed by atoms with E-state index in [1.807, 2.05) is 0 Å². The summed E-state index contributed by atoms with van der Waals surface area (Å²) in [6, 6.07) is 0. The fourth-order valence-electron chi connectivity index (χ4n) is 0. The summed E-state index contributed by atoms with van der Waals surface area (Å²) in [5, 5.41) is 38.8. The highest BCUT2D eigenvalue weighted by atomic mass is 32.3. The predicted molar refractivity (Wildman–Crippen MR) is 162 cm³/mol. The standard InChI is InChI=1S/10H3NO3S.H3N/c10*1-5(2,3)4;/h10*(H3,1,2,3,4);1H3. The molecule has 0 atom stereocenters. The van der Waals surface area contributed by atoms with Crippen LogP contribution >= 0.6 is 0 Å². The van der Waals surface area contributed by atoms with Crippen molar-refractivity contribution in [2.75, 3.05) is 0 Å². The maximum absolute atomic E-state index is 8.97. The molecule has 0 radical (unpaired) electrons. The second-order valence-electron chi connectivity index (χ2n) is 5.15. The Bertz CT molecular complexity index is 1400. The van der Waals surface area contributed by atoms with Crippen molar-refractivity contribution in [3.63, 3.8) is 0 Å². The van der Waals surface area contributed by atoms with Gasteiger partial charge >= 0.3 is 103 Å². The largest absolute Gasteiger partial charge is 0.344 e. The van der Waals surface area contributed by atoms with E-state index in [0.717, 1.165) is 0 Å². The zero-order valence-corrected chi connectivity index (χ0v) is 31.4. The van der Waals surface area contributed by atoms with Crippen molar-refractivity contribution in [1.29, 1.82) is 0 Å². The molecular weight excluding hydrogens is 955 g/mol. The summed E-state index contributed by atoms with van der Waals surface area (Å²) < 4.78 is 252. The molecule has 0 aromatic heterocycles. The fraction of sp³-hybridized carbons (Fsp3) is 0. The Kier molecular flexibility index (Phi) is 49.6. The van der Waals surface area contributed by atoms with Gasteiger partial charge in [-0.05, 0) is 0 Å². The molecule has 0 aromatic carbocycles. The molecular formula is H33N11O30S10. The van der Waals surface area contributed by atoms with Crippen LogP contribution in [0.4, 0.5) is 0 Å². The van der Waals surface area contributed by atoms with Crippen LogP contribution in [0.1, 0.15) is 0 Å². The van der Waals surface area contributed by atoms with Crippen molar-refractivity contribution in [3.05, 3.63) is 0 Å². The highest BCUT2D eigenvalue weighted by molar-refractivity contribution is 7.85. The summed E-state index contributed by atoms with van der Waals surface area (Å²) in [6.45, 7) is 0. The average Bonchev–Trinajstić information content (AvgIpc) is 2.34. The number of nitrogens with two attached hydrogens (primary N) is 10. The summed E-state index contributed by atoms with van der Waals surface area (Å²) in [6.07, 6.45) is 0. The number of rotatable bonds is 0. The van der Waals surface area contributed by atoms with Gasteiger partial charge in [0.1, 0.15) is 0 Å². The van der Waals surface area contributed by atoms with Crippen molar-refractivity contribution < 1.29 is 130 Å². The van der Waals surface area contributed by atoms with E-state index in [1.165, 1.54) is 0 Å². The zero-order chi connectivity index (χ0) is 45.0. The van der Waals surface area contributed by atoms with Crippen LogP contribution in [0.3, 0.4) is 0 Å². The van der Waals surface area contributed by atoms with Gasteiger partial charge in [0.05, 0.1) is 0 Å². The van der Waals surface area contributed by atoms with Crippen molar-refractivity contribution in [1.82, 2.24) is 6.15 Å². The minimum atomic E-state index is -4.17. The summed E-state index contributed by atoms with van der Waals surface area (Å²) in [7, 11) is -41.7. The van der Waals surface area contributed by atoms with Gasteiger partial charge in [-0.25, -0.2) is 51.4 Å². The van der Waals surface area contributed by atoms with Gasteiger partial charge in [0, 0.05) is 0 Å². The van der Waals surface area contributed by atoms with Gasteiger partial charge in [0.25, 0.3) is 0 Å². The van der Waals surface area contributed by atoms with Gasteiger partial charge < -0.3 is 6.15 Å². The quantitative estimate of drug-likeness (QED) is 0.100. The molecule has 0 aromatic rings. The molecule has 33 N–H and O–H groups in total. The minimum absolute atomic E-state index is 0. The number of hydrogen-bond donors (Lipinski definition) is 21. The van der Waals surface area contributed by atoms with Crippen LogP contribution < -0.4 is 57.5 Å². The highest BCUT2D eigenvalue weighted by Gasteiger charge is 1.85. The van der Waals surface area contributed by atoms with Crippen molar-refractivity contribution in [3.8, 4) is 0 Å². The first-order valence-corrected chi connectivity index (χ1v) is 22.5. The minimum Gasteiger partial charge on any atom is -0.344 e. The SMILES string of the molecule is N.NS(=O)(=O)O.NS(=O)(=O)O.NS(=O)(=O)O.NS(=O)(=O)O.NS(=O)(=O)O.NS(=O)(=O)O.NS(=O)(=O)O.NS(=O)(=O)O.NS(=O)(=O)O.NS(=O)(=O)O. The van der Waals surface area contributed by atoms with Crippen LogP contribution in [-0.2, 0) is 103 Å². The molecule has 0 amide bonds. The van der Waals surface area contributed by atoms with Gasteiger partial charge in [0.15, 0.2) is 0 Å². The molecule has 51 heteroatoms. The van der Waals surface area contributed by atoms with E-state index in [9.17, 15) is 0 Å². The highest BCUT2D eigenvalue weighted by Crippen LogP contribution is 1.54. The van der Waals surface area contributed by atoms with Gasteiger partial charge in [-0.3, -0.25) is 45.5 Å². The molecule has 41 nitrogen and oxygen atoms in total. The van der Waals surface area contributed by atoms with Crippen LogP contribution in [0.25, 0.3) is 0 Å². The second kappa shape index (κ2) is 32.1. The fourth-order valence-corrected chi connectivity index (χ4v) is 0. The van der Waals surface area contributed by atoms with E-state index in [-0.39, 0.29) is 6.15 Å². The molecule has 0 aliphatic rings. The Hall–Kier alpha value is -1.34. The third-order valence-electron chi connectivity index (χ3n) is 0. The van der Waals surface area contributed by atoms with E-state index in [2.05, 4.69) is 51.4 Å². The Morgan fingerprint density at radius 3 is 0.176 bits per heavy atom. The lowest BCUT2D eigenvalue weighted by atomic mass is 13.9. The molecule has 0 spiro atoms. The Morgan fingerprint density at radius 2 is 0.176 bits per heavy atom. The molecule has 0 saturated heterocycles. The zero-order valence-electron chi connectivity index (χ0n) is 23.2. The molecule has 0 aliphatic heterocycles. The van der Waals surface area contributed by atoms with E-state index >= 15 is 0 Å².